The van der Waals surface area contributed by atoms with E-state index in [9.17, 15) is 9.59 Å². The maximum Gasteiger partial charge on any atom is 0.276 e. The number of nitrogens with zero attached hydrogens (tertiary/aromatic N) is 3. The Hall–Kier alpha value is -2.41. The molecule has 0 saturated heterocycles. The number of anilines is 2. The van der Waals surface area contributed by atoms with Crippen molar-refractivity contribution in [3.8, 4) is 0 Å². The summed E-state index contributed by atoms with van der Waals surface area (Å²) in [5, 5.41) is 6.13. The quantitative estimate of drug-likeness (QED) is 0.872. The van der Waals surface area contributed by atoms with Gasteiger partial charge in [0.2, 0.25) is 5.95 Å². The van der Waals surface area contributed by atoms with Crippen LogP contribution in [0.5, 0.6) is 0 Å². The van der Waals surface area contributed by atoms with E-state index in [4.69, 9.17) is 11.6 Å². The van der Waals surface area contributed by atoms with Crippen molar-refractivity contribution < 1.29 is 4.79 Å². The predicted octanol–water partition coefficient (Wildman–Crippen LogP) is 2.40. The van der Waals surface area contributed by atoms with Crippen LogP contribution in [-0.2, 0) is 5.66 Å². The Bertz CT molecular complexity index is 859. The van der Waals surface area contributed by atoms with Crippen LogP contribution in [0.15, 0.2) is 29.3 Å². The average molecular weight is 346 g/mol. The summed E-state index contributed by atoms with van der Waals surface area (Å²) in [7, 11) is 0. The van der Waals surface area contributed by atoms with E-state index in [2.05, 4.69) is 20.6 Å². The molecule has 1 saturated carbocycles. The number of aromatic nitrogens is 3. The smallest absolute Gasteiger partial charge is 0.276 e. The van der Waals surface area contributed by atoms with Gasteiger partial charge in [0.15, 0.2) is 0 Å². The highest BCUT2D eigenvalue weighted by Gasteiger charge is 2.45. The number of hydrogen-bond donors (Lipinski definition) is 2. The van der Waals surface area contributed by atoms with E-state index in [1.54, 1.807) is 18.5 Å². The number of halogens is 1. The van der Waals surface area contributed by atoms with Crippen molar-refractivity contribution in [3.63, 3.8) is 0 Å². The van der Waals surface area contributed by atoms with Gasteiger partial charge >= 0.3 is 0 Å². The van der Waals surface area contributed by atoms with Crippen molar-refractivity contribution in [2.24, 2.45) is 0 Å². The second kappa shape index (κ2) is 5.59. The standard InChI is InChI=1S/C16H16ClN5O2/c17-10-9-11(20-15-18-7-4-8-19-15)14(24)22-12(10)13(23)21-16(22)5-2-1-3-6-16/h4,7-9H,1-3,5-6H2,(H,21,23)(H,18,19,20). The largest absolute Gasteiger partial charge is 0.327 e. The van der Waals surface area contributed by atoms with Crippen LogP contribution in [0.2, 0.25) is 5.02 Å². The Labute approximate surface area is 143 Å². The molecule has 1 spiro atoms. The summed E-state index contributed by atoms with van der Waals surface area (Å²) in [5.74, 6) is 0.0164. The number of carbonyl (C=O) groups is 1. The zero-order valence-corrected chi connectivity index (χ0v) is 13.6. The first-order valence-electron chi connectivity index (χ1n) is 7.93. The molecule has 1 fully saturated rings. The Morgan fingerprint density at radius 2 is 1.88 bits per heavy atom. The molecule has 7 nitrogen and oxygen atoms in total. The summed E-state index contributed by atoms with van der Waals surface area (Å²) in [6, 6.07) is 3.15. The lowest BCUT2D eigenvalue weighted by molar-refractivity contribution is 0.0877. The maximum atomic E-state index is 13.0. The Morgan fingerprint density at radius 3 is 2.58 bits per heavy atom. The van der Waals surface area contributed by atoms with Gasteiger partial charge in [0.1, 0.15) is 17.0 Å². The predicted molar refractivity (Wildman–Crippen MR) is 89.6 cm³/mol. The molecule has 2 aromatic rings. The van der Waals surface area contributed by atoms with Crippen LogP contribution < -0.4 is 16.2 Å². The number of fused-ring (bicyclic) bond motifs is 2. The molecule has 1 aliphatic heterocycles. The first kappa shape index (κ1) is 15.1. The zero-order valence-electron chi connectivity index (χ0n) is 12.9. The van der Waals surface area contributed by atoms with Crippen LogP contribution >= 0.6 is 11.6 Å². The van der Waals surface area contributed by atoms with E-state index in [1.807, 2.05) is 0 Å². The molecule has 4 rings (SSSR count). The van der Waals surface area contributed by atoms with Crippen LogP contribution in [0.25, 0.3) is 0 Å². The first-order chi connectivity index (χ1) is 11.6. The number of nitrogens with one attached hydrogen (secondary N) is 2. The van der Waals surface area contributed by atoms with Crippen molar-refractivity contribution in [2.75, 3.05) is 5.32 Å². The number of carbonyl (C=O) groups excluding carboxylic acids is 1. The lowest BCUT2D eigenvalue weighted by Crippen LogP contribution is -2.48. The van der Waals surface area contributed by atoms with Gasteiger partial charge in [0.25, 0.3) is 11.5 Å². The van der Waals surface area contributed by atoms with Crippen molar-refractivity contribution >= 4 is 29.1 Å². The molecule has 0 atom stereocenters. The van der Waals surface area contributed by atoms with E-state index in [0.717, 1.165) is 32.1 Å². The van der Waals surface area contributed by atoms with E-state index in [0.29, 0.717) is 5.95 Å². The normalized spacial score (nSPS) is 18.3. The minimum atomic E-state index is -0.666. The maximum absolute atomic E-state index is 13.0. The van der Waals surface area contributed by atoms with Gasteiger partial charge in [-0.2, -0.15) is 0 Å². The zero-order chi connectivity index (χ0) is 16.7. The number of amides is 1. The van der Waals surface area contributed by atoms with Crippen LogP contribution in [0.4, 0.5) is 11.6 Å². The van der Waals surface area contributed by atoms with Crippen molar-refractivity contribution in [1.82, 2.24) is 19.9 Å². The van der Waals surface area contributed by atoms with Crippen molar-refractivity contribution in [3.05, 3.63) is 45.6 Å². The molecule has 0 radical (unpaired) electrons. The van der Waals surface area contributed by atoms with Gasteiger partial charge in [-0.15, -0.1) is 0 Å². The highest BCUT2D eigenvalue weighted by molar-refractivity contribution is 6.34. The molecule has 1 amide bonds. The van der Waals surface area contributed by atoms with Crippen LogP contribution in [0.3, 0.4) is 0 Å². The van der Waals surface area contributed by atoms with Crippen molar-refractivity contribution in [2.45, 2.75) is 37.8 Å². The Balaban J connectivity index is 1.85. The summed E-state index contributed by atoms with van der Waals surface area (Å²) >= 11 is 6.31. The molecular formula is C16H16ClN5O2. The summed E-state index contributed by atoms with van der Waals surface area (Å²) in [6.45, 7) is 0. The SMILES string of the molecule is O=C1NC2(CCCCC2)n2c1c(Cl)cc(Nc1ncccn1)c2=O. The Kier molecular flexibility index (Phi) is 3.53. The molecule has 124 valence electrons. The summed E-state index contributed by atoms with van der Waals surface area (Å²) in [4.78, 5) is 33.5. The fraction of sp³-hybridized carbons (Fsp3) is 0.375. The number of hydrogen-bond acceptors (Lipinski definition) is 5. The molecule has 0 unspecified atom stereocenters. The fourth-order valence-electron chi connectivity index (χ4n) is 3.59. The fourth-order valence-corrected chi connectivity index (χ4v) is 3.87. The van der Waals surface area contributed by atoms with Gasteiger partial charge in [-0.3, -0.25) is 14.2 Å². The highest BCUT2D eigenvalue weighted by Crippen LogP contribution is 2.38. The highest BCUT2D eigenvalue weighted by atomic mass is 35.5. The molecule has 24 heavy (non-hydrogen) atoms. The number of rotatable bonds is 2. The van der Waals surface area contributed by atoms with Crippen molar-refractivity contribution in [1.29, 1.82) is 0 Å². The van der Waals surface area contributed by atoms with Gasteiger partial charge in [-0.05, 0) is 37.8 Å². The van der Waals surface area contributed by atoms with E-state index in [-0.39, 0.29) is 27.9 Å². The molecule has 2 aliphatic rings. The van der Waals surface area contributed by atoms with Crippen LogP contribution in [-0.4, -0.2) is 20.4 Å². The van der Waals surface area contributed by atoms with Gasteiger partial charge in [0, 0.05) is 12.4 Å². The molecule has 0 bridgehead atoms. The summed E-state index contributed by atoms with van der Waals surface area (Å²) in [6.07, 6.45) is 7.64. The summed E-state index contributed by atoms with van der Waals surface area (Å²) in [5.41, 5.74) is -0.456. The molecular weight excluding hydrogens is 330 g/mol. The van der Waals surface area contributed by atoms with Gasteiger partial charge in [-0.1, -0.05) is 18.0 Å². The summed E-state index contributed by atoms with van der Waals surface area (Å²) < 4.78 is 1.53. The van der Waals surface area contributed by atoms with Gasteiger partial charge in [-0.25, -0.2) is 9.97 Å². The van der Waals surface area contributed by atoms with Crippen LogP contribution in [0, 0.1) is 0 Å². The first-order valence-corrected chi connectivity index (χ1v) is 8.31. The van der Waals surface area contributed by atoms with E-state index >= 15 is 0 Å². The van der Waals surface area contributed by atoms with Gasteiger partial charge < -0.3 is 10.6 Å². The van der Waals surface area contributed by atoms with E-state index in [1.165, 1.54) is 10.6 Å². The average Bonchev–Trinajstić information content (AvgIpc) is 2.86. The molecule has 2 aromatic heterocycles. The molecule has 0 aromatic carbocycles. The third-order valence-corrected chi connectivity index (χ3v) is 4.92. The second-order valence-corrected chi connectivity index (χ2v) is 6.55. The monoisotopic (exact) mass is 345 g/mol. The molecule has 3 heterocycles. The minimum absolute atomic E-state index is 0.239. The minimum Gasteiger partial charge on any atom is -0.327 e. The Morgan fingerprint density at radius 1 is 1.17 bits per heavy atom. The second-order valence-electron chi connectivity index (χ2n) is 6.14. The lowest BCUT2D eigenvalue weighted by Gasteiger charge is -2.35. The van der Waals surface area contributed by atoms with Crippen LogP contribution in [0.1, 0.15) is 42.6 Å². The van der Waals surface area contributed by atoms with E-state index < -0.39 is 5.66 Å². The molecule has 1 aliphatic carbocycles. The topological polar surface area (TPSA) is 88.9 Å². The third-order valence-electron chi connectivity index (χ3n) is 4.64. The third kappa shape index (κ3) is 2.27. The molecule has 8 heteroatoms. The van der Waals surface area contributed by atoms with Gasteiger partial charge in [0.05, 0.1) is 5.02 Å². The number of pyridine rings is 1. The molecule has 2 N–H and O–H groups in total. The lowest BCUT2D eigenvalue weighted by atomic mass is 9.89.